The summed E-state index contributed by atoms with van der Waals surface area (Å²) >= 11 is 0. The molecule has 4 heteroatoms. The molecule has 2 saturated heterocycles. The molecule has 0 aliphatic carbocycles. The van der Waals surface area contributed by atoms with E-state index in [4.69, 9.17) is 0 Å². The maximum Gasteiger partial charge on any atom is 0.407 e. The van der Waals surface area contributed by atoms with E-state index in [1.54, 1.807) is 4.90 Å². The van der Waals surface area contributed by atoms with Gasteiger partial charge in [-0.3, -0.25) is 4.90 Å². The lowest BCUT2D eigenvalue weighted by Crippen LogP contribution is -2.60. The van der Waals surface area contributed by atoms with Crippen LogP contribution in [0.2, 0.25) is 0 Å². The Morgan fingerprint density at radius 3 is 2.76 bits per heavy atom. The molecule has 2 aliphatic rings. The van der Waals surface area contributed by atoms with E-state index in [0.29, 0.717) is 18.6 Å². The van der Waals surface area contributed by atoms with Gasteiger partial charge in [0.05, 0.1) is 6.04 Å². The summed E-state index contributed by atoms with van der Waals surface area (Å²) in [5, 5.41) is 9.45. The van der Waals surface area contributed by atoms with Gasteiger partial charge in [-0.15, -0.1) is 6.58 Å². The molecule has 21 heavy (non-hydrogen) atoms. The average Bonchev–Trinajstić information content (AvgIpc) is 2.75. The Bertz CT molecular complexity index is 517. The van der Waals surface area contributed by atoms with Gasteiger partial charge in [0.25, 0.3) is 0 Å². The third-order valence-corrected chi connectivity index (χ3v) is 4.80. The highest BCUT2D eigenvalue weighted by atomic mass is 16.4. The monoisotopic (exact) mass is 286 g/mol. The number of carbonyl (C=O) groups is 1. The first-order valence-electron chi connectivity index (χ1n) is 7.61. The van der Waals surface area contributed by atoms with Crippen LogP contribution in [0.5, 0.6) is 0 Å². The number of amides is 1. The van der Waals surface area contributed by atoms with E-state index in [-0.39, 0.29) is 6.04 Å². The number of fused-ring (bicyclic) bond motifs is 2. The van der Waals surface area contributed by atoms with Crippen LogP contribution in [0.4, 0.5) is 4.79 Å². The Morgan fingerprint density at radius 1 is 1.33 bits per heavy atom. The van der Waals surface area contributed by atoms with Crippen LogP contribution in [0, 0.1) is 0 Å². The zero-order valence-electron chi connectivity index (χ0n) is 12.2. The molecule has 3 rings (SSSR count). The third-order valence-electron chi connectivity index (χ3n) is 4.80. The van der Waals surface area contributed by atoms with Crippen molar-refractivity contribution < 1.29 is 9.90 Å². The first-order valence-corrected chi connectivity index (χ1v) is 7.61. The normalized spacial score (nSPS) is 28.6. The molecular formula is C17H22N2O2. The fourth-order valence-electron chi connectivity index (χ4n) is 3.86. The van der Waals surface area contributed by atoms with E-state index in [1.165, 1.54) is 5.56 Å². The van der Waals surface area contributed by atoms with Crippen LogP contribution in [0.15, 0.2) is 43.0 Å². The van der Waals surface area contributed by atoms with Crippen LogP contribution in [-0.2, 0) is 6.54 Å². The molecule has 2 heterocycles. The van der Waals surface area contributed by atoms with Crippen LogP contribution in [0.3, 0.4) is 0 Å². The molecule has 2 fully saturated rings. The van der Waals surface area contributed by atoms with E-state index in [9.17, 15) is 9.90 Å². The van der Waals surface area contributed by atoms with Gasteiger partial charge < -0.3 is 10.0 Å². The largest absolute Gasteiger partial charge is 0.465 e. The standard InChI is InChI=1S/C17H22N2O2/c1-2-6-15-16-10-9-14(12-19(15)17(20)21)18(16)11-13-7-4-3-5-8-13/h2-5,7-8,14-16H,1,6,9-12H2,(H,20,21). The molecule has 1 amide bonds. The Labute approximate surface area is 125 Å². The molecule has 3 unspecified atom stereocenters. The predicted octanol–water partition coefficient (Wildman–Crippen LogP) is 2.96. The lowest BCUT2D eigenvalue weighted by atomic mass is 9.99. The van der Waals surface area contributed by atoms with Crippen molar-refractivity contribution in [1.29, 1.82) is 0 Å². The van der Waals surface area contributed by atoms with Crippen molar-refractivity contribution in [2.24, 2.45) is 0 Å². The minimum absolute atomic E-state index is 0.0439. The maximum atomic E-state index is 11.5. The summed E-state index contributed by atoms with van der Waals surface area (Å²) in [6.45, 7) is 5.34. The van der Waals surface area contributed by atoms with Gasteiger partial charge in [0.1, 0.15) is 0 Å². The molecule has 0 aromatic heterocycles. The van der Waals surface area contributed by atoms with Gasteiger partial charge in [-0.1, -0.05) is 36.4 Å². The van der Waals surface area contributed by atoms with Gasteiger partial charge in [-0.2, -0.15) is 0 Å². The fraction of sp³-hybridized carbons (Fsp3) is 0.471. The van der Waals surface area contributed by atoms with Gasteiger partial charge in [0.15, 0.2) is 0 Å². The first kappa shape index (κ1) is 14.1. The number of benzene rings is 1. The lowest BCUT2D eigenvalue weighted by molar-refractivity contribution is 0.0176. The van der Waals surface area contributed by atoms with E-state index in [1.807, 2.05) is 12.1 Å². The summed E-state index contributed by atoms with van der Waals surface area (Å²) < 4.78 is 0. The van der Waals surface area contributed by atoms with Gasteiger partial charge >= 0.3 is 6.09 Å². The highest BCUT2D eigenvalue weighted by molar-refractivity contribution is 5.66. The van der Waals surface area contributed by atoms with E-state index in [2.05, 4.69) is 35.7 Å². The highest BCUT2D eigenvalue weighted by Crippen LogP contribution is 2.36. The molecule has 112 valence electrons. The molecule has 3 atom stereocenters. The Hall–Kier alpha value is -1.81. The van der Waals surface area contributed by atoms with Crippen molar-refractivity contribution in [3.05, 3.63) is 48.6 Å². The molecule has 1 N–H and O–H groups in total. The number of piperazine rings is 1. The zero-order chi connectivity index (χ0) is 14.8. The smallest absolute Gasteiger partial charge is 0.407 e. The van der Waals surface area contributed by atoms with Crippen molar-refractivity contribution >= 4 is 6.09 Å². The summed E-state index contributed by atoms with van der Waals surface area (Å²) in [6, 6.07) is 11.2. The quantitative estimate of drug-likeness (QED) is 0.865. The summed E-state index contributed by atoms with van der Waals surface area (Å²) in [5.74, 6) is 0. The first-order chi connectivity index (χ1) is 10.2. The number of carboxylic acid groups (broad SMARTS) is 1. The molecular weight excluding hydrogens is 264 g/mol. The molecule has 1 aromatic carbocycles. The molecule has 2 aliphatic heterocycles. The van der Waals surface area contributed by atoms with Crippen molar-refractivity contribution in [2.75, 3.05) is 6.54 Å². The molecule has 0 spiro atoms. The average molecular weight is 286 g/mol. The summed E-state index contributed by atoms with van der Waals surface area (Å²) in [4.78, 5) is 15.6. The molecule has 4 nitrogen and oxygen atoms in total. The number of hydrogen-bond acceptors (Lipinski definition) is 2. The van der Waals surface area contributed by atoms with E-state index < -0.39 is 6.09 Å². The summed E-state index contributed by atoms with van der Waals surface area (Å²) in [7, 11) is 0. The molecule has 2 bridgehead atoms. The number of likely N-dealkylation sites (tertiary alicyclic amines) is 1. The van der Waals surface area contributed by atoms with Crippen LogP contribution in [0.25, 0.3) is 0 Å². The van der Waals surface area contributed by atoms with Gasteiger partial charge in [-0.05, 0) is 24.8 Å². The van der Waals surface area contributed by atoms with Gasteiger partial charge in [0.2, 0.25) is 0 Å². The van der Waals surface area contributed by atoms with Crippen molar-refractivity contribution in [3.8, 4) is 0 Å². The zero-order valence-corrected chi connectivity index (χ0v) is 12.2. The van der Waals surface area contributed by atoms with E-state index >= 15 is 0 Å². The van der Waals surface area contributed by atoms with Crippen LogP contribution >= 0.6 is 0 Å². The lowest BCUT2D eigenvalue weighted by Gasteiger charge is -2.45. The molecule has 0 radical (unpaired) electrons. The molecule has 0 saturated carbocycles. The van der Waals surface area contributed by atoms with Crippen molar-refractivity contribution in [1.82, 2.24) is 9.80 Å². The van der Waals surface area contributed by atoms with Gasteiger partial charge in [0, 0.05) is 25.2 Å². The number of rotatable bonds is 4. The van der Waals surface area contributed by atoms with Crippen molar-refractivity contribution in [2.45, 2.75) is 43.9 Å². The number of hydrogen-bond donors (Lipinski definition) is 1. The summed E-state index contributed by atoms with van der Waals surface area (Å²) in [6.07, 6.45) is 3.96. The number of nitrogens with zero attached hydrogens (tertiary/aromatic N) is 2. The van der Waals surface area contributed by atoms with Gasteiger partial charge in [-0.25, -0.2) is 4.79 Å². The fourth-order valence-corrected chi connectivity index (χ4v) is 3.86. The Kier molecular flexibility index (Phi) is 3.97. The Morgan fingerprint density at radius 2 is 2.10 bits per heavy atom. The second-order valence-corrected chi connectivity index (χ2v) is 5.98. The minimum Gasteiger partial charge on any atom is -0.465 e. The Balaban J connectivity index is 1.81. The third kappa shape index (κ3) is 2.68. The topological polar surface area (TPSA) is 43.8 Å². The second-order valence-electron chi connectivity index (χ2n) is 5.98. The summed E-state index contributed by atoms with van der Waals surface area (Å²) in [5.41, 5.74) is 1.30. The second kappa shape index (κ2) is 5.90. The maximum absolute atomic E-state index is 11.5. The van der Waals surface area contributed by atoms with Crippen LogP contribution < -0.4 is 0 Å². The van der Waals surface area contributed by atoms with E-state index in [0.717, 1.165) is 25.8 Å². The minimum atomic E-state index is -0.793. The highest BCUT2D eigenvalue weighted by Gasteiger charge is 2.46. The SMILES string of the molecule is C=CCC1C2CCC(CN1C(=O)O)N2Cc1ccccc1. The van der Waals surface area contributed by atoms with Crippen molar-refractivity contribution in [3.63, 3.8) is 0 Å². The molecule has 1 aromatic rings. The van der Waals surface area contributed by atoms with Crippen LogP contribution in [-0.4, -0.2) is 45.7 Å². The predicted molar refractivity (Wildman–Crippen MR) is 82.1 cm³/mol. The van der Waals surface area contributed by atoms with Crippen LogP contribution in [0.1, 0.15) is 24.8 Å².